The monoisotopic (exact) mass is 394 g/mol. The smallest absolute Gasteiger partial charge is 0.329 e. The maximum absolute atomic E-state index is 9.63. The molecule has 7 heteroatoms. The zero-order valence-electron chi connectivity index (χ0n) is 12.0. The third-order valence-corrected chi connectivity index (χ3v) is 0.869. The fourth-order valence-electron chi connectivity index (χ4n) is 0.391. The van der Waals surface area contributed by atoms with Crippen molar-refractivity contribution >= 4 is 36.7 Å². The Morgan fingerprint density at radius 2 is 1.53 bits per heavy atom. The number of carboxylic acid groups (broad SMARTS) is 1. The lowest BCUT2D eigenvalue weighted by Gasteiger charge is -1.90. The fraction of sp³-hybridized carbons (Fsp3) is 0.667. The maximum atomic E-state index is 9.63. The van der Waals surface area contributed by atoms with Crippen molar-refractivity contribution in [3.63, 3.8) is 0 Å². The van der Waals surface area contributed by atoms with Gasteiger partial charge in [0.1, 0.15) is 13.4 Å². The molecule has 0 atom stereocenters. The molecule has 0 unspecified atom stereocenters. The van der Waals surface area contributed by atoms with Crippen LogP contribution in [-0.4, -0.2) is 56.0 Å². The topological polar surface area (TPSA) is 93.1 Å². The van der Waals surface area contributed by atoms with E-state index >= 15 is 0 Å². The first kappa shape index (κ1) is 31.1. The molecule has 0 aromatic rings. The van der Waals surface area contributed by atoms with Gasteiger partial charge in [-0.15, -0.1) is 30.6 Å². The number of carbonyl (C=O) groups is 2. The molecule has 19 heavy (non-hydrogen) atoms. The molecule has 0 heterocycles. The van der Waals surface area contributed by atoms with Crippen molar-refractivity contribution in [3.05, 3.63) is 12.7 Å². The standard InChI is InChI=1S/C5H10O.C4H8O3.C2H6O.CH2O.HI/c1-3-5-6-4-2;1-2-7-3-4(5)6;1-2-3;1-2;/h3H,1,4-5H2,2H3;2-3H2,1H3,(H,5,6);3H,2H2,1H3;1H2;1H. The largest absolute Gasteiger partial charge is 0.480 e. The lowest BCUT2D eigenvalue weighted by atomic mass is 10.7. The summed E-state index contributed by atoms with van der Waals surface area (Å²) in [5.74, 6) is -0.915. The van der Waals surface area contributed by atoms with Crippen LogP contribution in [0.25, 0.3) is 0 Å². The second-order valence-electron chi connectivity index (χ2n) is 2.30. The van der Waals surface area contributed by atoms with Gasteiger partial charge < -0.3 is 24.5 Å². The first-order valence-corrected chi connectivity index (χ1v) is 5.48. The molecule has 0 aliphatic heterocycles. The number of carbonyl (C=O) groups excluding carboxylic acids is 1. The number of halogens is 1. The third kappa shape index (κ3) is 99.6. The van der Waals surface area contributed by atoms with Crippen LogP contribution in [0.4, 0.5) is 0 Å². The SMILES string of the molecule is C=CCOCC.C=O.CCO.CCOCC(=O)O.I. The van der Waals surface area contributed by atoms with Crippen molar-refractivity contribution in [1.82, 2.24) is 0 Å². The lowest BCUT2D eigenvalue weighted by molar-refractivity contribution is -0.142. The van der Waals surface area contributed by atoms with E-state index in [0.717, 1.165) is 6.61 Å². The quantitative estimate of drug-likeness (QED) is 0.405. The molecule has 0 fully saturated rings. The van der Waals surface area contributed by atoms with Gasteiger partial charge in [0.15, 0.2) is 0 Å². The van der Waals surface area contributed by atoms with Gasteiger partial charge >= 0.3 is 5.97 Å². The summed E-state index contributed by atoms with van der Waals surface area (Å²) in [5, 5.41) is 15.5. The van der Waals surface area contributed by atoms with Crippen molar-refractivity contribution in [3.8, 4) is 0 Å². The summed E-state index contributed by atoms with van der Waals surface area (Å²) in [7, 11) is 0. The molecule has 0 aliphatic rings. The van der Waals surface area contributed by atoms with Gasteiger partial charge in [-0.2, -0.15) is 0 Å². The fourth-order valence-corrected chi connectivity index (χ4v) is 0.391. The Morgan fingerprint density at radius 3 is 1.63 bits per heavy atom. The van der Waals surface area contributed by atoms with Crippen molar-refractivity contribution in [1.29, 1.82) is 0 Å². The number of aliphatic hydroxyl groups is 1. The Hall–Kier alpha value is -0.510. The van der Waals surface area contributed by atoms with Crippen molar-refractivity contribution in [2.45, 2.75) is 20.8 Å². The van der Waals surface area contributed by atoms with E-state index in [1.807, 2.05) is 13.7 Å². The summed E-state index contributed by atoms with van der Waals surface area (Å²) in [6, 6.07) is 0. The Balaban J connectivity index is -0.0000000499. The minimum atomic E-state index is -0.915. The second-order valence-corrected chi connectivity index (χ2v) is 2.30. The van der Waals surface area contributed by atoms with Crippen LogP contribution in [0.1, 0.15) is 20.8 Å². The number of aliphatic hydroxyl groups excluding tert-OH is 1. The van der Waals surface area contributed by atoms with Gasteiger partial charge in [-0.1, -0.05) is 6.08 Å². The predicted molar refractivity (Wildman–Crippen MR) is 86.1 cm³/mol. The van der Waals surface area contributed by atoms with Crippen LogP contribution in [-0.2, 0) is 19.1 Å². The molecule has 2 N–H and O–H groups in total. The van der Waals surface area contributed by atoms with E-state index in [4.69, 9.17) is 19.7 Å². The van der Waals surface area contributed by atoms with Crippen LogP contribution in [0.5, 0.6) is 0 Å². The molecule has 0 spiro atoms. The zero-order valence-corrected chi connectivity index (χ0v) is 14.3. The van der Waals surface area contributed by atoms with Gasteiger partial charge in [-0.05, 0) is 20.8 Å². The van der Waals surface area contributed by atoms with E-state index in [1.54, 1.807) is 19.9 Å². The molecular weight excluding hydrogens is 367 g/mol. The van der Waals surface area contributed by atoms with Gasteiger partial charge in [0.05, 0.1) is 6.61 Å². The molecule has 0 saturated carbocycles. The van der Waals surface area contributed by atoms with Crippen LogP contribution in [0.3, 0.4) is 0 Å². The highest BCUT2D eigenvalue weighted by Crippen LogP contribution is 1.70. The second kappa shape index (κ2) is 43.2. The van der Waals surface area contributed by atoms with Crippen LogP contribution in [0.15, 0.2) is 12.7 Å². The van der Waals surface area contributed by atoms with Crippen LogP contribution in [0.2, 0.25) is 0 Å². The van der Waals surface area contributed by atoms with Gasteiger partial charge in [0.2, 0.25) is 0 Å². The van der Waals surface area contributed by atoms with Gasteiger partial charge in [0, 0.05) is 19.8 Å². The summed E-state index contributed by atoms with van der Waals surface area (Å²) in [5.41, 5.74) is 0. The average molecular weight is 394 g/mol. The Morgan fingerprint density at radius 1 is 1.16 bits per heavy atom. The van der Waals surface area contributed by atoms with Gasteiger partial charge in [-0.3, -0.25) is 0 Å². The molecule has 0 aliphatic carbocycles. The highest BCUT2D eigenvalue weighted by Gasteiger charge is 1.90. The number of ether oxygens (including phenoxy) is 2. The molecule has 0 saturated heterocycles. The lowest BCUT2D eigenvalue weighted by Crippen LogP contribution is -2.05. The minimum absolute atomic E-state index is 0. The van der Waals surface area contributed by atoms with E-state index < -0.39 is 5.97 Å². The molecule has 118 valence electrons. The Bertz CT molecular complexity index is 155. The number of hydrogen-bond acceptors (Lipinski definition) is 5. The highest BCUT2D eigenvalue weighted by atomic mass is 127. The van der Waals surface area contributed by atoms with E-state index in [2.05, 4.69) is 11.3 Å². The molecular formula is C12H27IO6. The summed E-state index contributed by atoms with van der Waals surface area (Å²) in [6.07, 6.45) is 1.74. The number of aliphatic carboxylic acids is 1. The molecule has 0 bridgehead atoms. The van der Waals surface area contributed by atoms with Crippen molar-refractivity contribution in [2.24, 2.45) is 0 Å². The maximum Gasteiger partial charge on any atom is 0.329 e. The normalized spacial score (nSPS) is 6.95. The Labute approximate surface area is 132 Å². The molecule has 0 radical (unpaired) electrons. The summed E-state index contributed by atoms with van der Waals surface area (Å²) in [4.78, 5) is 17.6. The third-order valence-electron chi connectivity index (χ3n) is 0.869. The van der Waals surface area contributed by atoms with Crippen molar-refractivity contribution in [2.75, 3.05) is 33.0 Å². The summed E-state index contributed by atoms with van der Waals surface area (Å²) >= 11 is 0. The zero-order chi connectivity index (χ0) is 15.2. The number of rotatable bonds is 6. The number of carboxylic acids is 1. The number of hydrogen-bond donors (Lipinski definition) is 2. The van der Waals surface area contributed by atoms with E-state index in [9.17, 15) is 4.79 Å². The highest BCUT2D eigenvalue weighted by molar-refractivity contribution is 14.0. The first-order chi connectivity index (χ1) is 8.60. The predicted octanol–water partition coefficient (Wildman–Crippen LogP) is 1.75. The Kier molecular flexibility index (Phi) is 70.7. The van der Waals surface area contributed by atoms with Gasteiger partial charge in [0.25, 0.3) is 0 Å². The van der Waals surface area contributed by atoms with Crippen molar-refractivity contribution < 1.29 is 29.3 Å². The van der Waals surface area contributed by atoms with E-state index in [-0.39, 0.29) is 37.2 Å². The molecule has 0 amide bonds. The van der Waals surface area contributed by atoms with Gasteiger partial charge in [-0.25, -0.2) is 4.79 Å². The van der Waals surface area contributed by atoms with E-state index in [1.165, 1.54) is 0 Å². The minimum Gasteiger partial charge on any atom is -0.480 e. The summed E-state index contributed by atoms with van der Waals surface area (Å²) < 4.78 is 9.36. The molecule has 6 nitrogen and oxygen atoms in total. The average Bonchev–Trinajstić information content (AvgIpc) is 2.38. The van der Waals surface area contributed by atoms with E-state index in [0.29, 0.717) is 13.2 Å². The van der Waals surface area contributed by atoms with Crippen LogP contribution < -0.4 is 0 Å². The molecule has 0 aromatic carbocycles. The molecule has 0 aromatic heterocycles. The first-order valence-electron chi connectivity index (χ1n) is 5.48. The molecule has 0 rings (SSSR count). The summed E-state index contributed by atoms with van der Waals surface area (Å²) in [6.45, 7) is 12.9. The van der Waals surface area contributed by atoms with Crippen LogP contribution in [0, 0.1) is 0 Å². The van der Waals surface area contributed by atoms with Crippen LogP contribution >= 0.6 is 24.0 Å².